The maximum atomic E-state index is 12.6. The molecule has 0 unspecified atom stereocenters. The van der Waals surface area contributed by atoms with Crippen molar-refractivity contribution in [1.29, 1.82) is 0 Å². The van der Waals surface area contributed by atoms with E-state index in [1.165, 1.54) is 34.6 Å². The van der Waals surface area contributed by atoms with E-state index in [1.807, 2.05) is 0 Å². The Morgan fingerprint density at radius 1 is 1.17 bits per heavy atom. The summed E-state index contributed by atoms with van der Waals surface area (Å²) in [5, 5.41) is 0. The highest BCUT2D eigenvalue weighted by Gasteiger charge is 2.33. The Morgan fingerprint density at radius 2 is 1.79 bits per heavy atom. The zero-order chi connectivity index (χ0) is 21.2. The molecule has 29 heavy (non-hydrogen) atoms. The summed E-state index contributed by atoms with van der Waals surface area (Å²) in [5.74, 6) is 0.682. The van der Waals surface area contributed by atoms with E-state index in [2.05, 4.69) is 0 Å². The Labute approximate surface area is 169 Å². The third kappa shape index (κ3) is 4.51. The second-order valence-corrected chi connectivity index (χ2v) is 8.72. The van der Waals surface area contributed by atoms with Crippen LogP contribution in [0.15, 0.2) is 50.5 Å². The van der Waals surface area contributed by atoms with Crippen LogP contribution in [0.2, 0.25) is 0 Å². The molecule has 0 bridgehead atoms. The van der Waals surface area contributed by atoms with Gasteiger partial charge in [-0.2, -0.15) is 4.31 Å². The predicted molar refractivity (Wildman–Crippen MR) is 107 cm³/mol. The molecule has 0 atom stereocenters. The van der Waals surface area contributed by atoms with E-state index in [0.717, 1.165) is 0 Å². The molecule has 1 amide bonds. The molecule has 9 heteroatoms. The minimum Gasteiger partial charge on any atom is -0.486 e. The molecule has 8 nitrogen and oxygen atoms in total. The van der Waals surface area contributed by atoms with E-state index in [9.17, 15) is 18.0 Å². The topological polar surface area (TPSA) is 97.1 Å². The second kappa shape index (κ2) is 8.38. The first-order valence-electron chi connectivity index (χ1n) is 9.42. The lowest BCUT2D eigenvalue weighted by Gasteiger charge is -2.39. The molecule has 0 radical (unpaired) electrons. The minimum atomic E-state index is -3.55. The molecule has 1 fully saturated rings. The number of ether oxygens (including phenoxy) is 1. The average Bonchev–Trinajstić information content (AvgIpc) is 2.64. The third-order valence-corrected chi connectivity index (χ3v) is 6.81. The van der Waals surface area contributed by atoms with Gasteiger partial charge in [0.05, 0.1) is 24.1 Å². The van der Waals surface area contributed by atoms with Crippen LogP contribution < -0.4 is 10.4 Å². The van der Waals surface area contributed by atoms with Crippen molar-refractivity contribution in [3.63, 3.8) is 0 Å². The molecule has 0 aliphatic carbocycles. The van der Waals surface area contributed by atoms with Crippen LogP contribution in [0.3, 0.4) is 0 Å². The van der Waals surface area contributed by atoms with Gasteiger partial charge in [-0.15, -0.1) is 0 Å². The zero-order valence-corrected chi connectivity index (χ0v) is 17.4. The van der Waals surface area contributed by atoms with Crippen LogP contribution in [0, 0.1) is 6.92 Å². The van der Waals surface area contributed by atoms with Gasteiger partial charge < -0.3 is 14.1 Å². The van der Waals surface area contributed by atoms with Gasteiger partial charge in [0, 0.05) is 24.7 Å². The highest BCUT2D eigenvalue weighted by Crippen LogP contribution is 2.21. The predicted octanol–water partition coefficient (Wildman–Crippen LogP) is 1.88. The number of rotatable bonds is 7. The van der Waals surface area contributed by atoms with Crippen LogP contribution in [0.1, 0.15) is 30.0 Å². The Kier molecular flexibility index (Phi) is 6.09. The van der Waals surface area contributed by atoms with Crippen molar-refractivity contribution in [2.24, 2.45) is 0 Å². The quantitative estimate of drug-likeness (QED) is 0.679. The fraction of sp³-hybridized carbons (Fsp3) is 0.400. The number of aryl methyl sites for hydroxylation is 1. The largest absolute Gasteiger partial charge is 0.486 e. The molecule has 3 rings (SSSR count). The number of benzene rings is 1. The number of nitrogens with zero attached hydrogens (tertiary/aromatic N) is 2. The first-order valence-corrected chi connectivity index (χ1v) is 10.9. The number of carbonyl (C=O) groups is 1. The molecule has 1 aromatic heterocycles. The highest BCUT2D eigenvalue weighted by molar-refractivity contribution is 7.89. The second-order valence-electron chi connectivity index (χ2n) is 6.79. The van der Waals surface area contributed by atoms with Crippen molar-refractivity contribution < 1.29 is 22.4 Å². The molecule has 1 aromatic carbocycles. The summed E-state index contributed by atoms with van der Waals surface area (Å²) in [6.07, 6.45) is -0.206. The Hall–Kier alpha value is -2.65. The zero-order valence-electron chi connectivity index (χ0n) is 16.6. The summed E-state index contributed by atoms with van der Waals surface area (Å²) >= 11 is 0. The molecule has 0 N–H and O–H groups in total. The third-order valence-electron chi connectivity index (χ3n) is 4.75. The lowest BCUT2D eigenvalue weighted by molar-refractivity contribution is 0.0175. The van der Waals surface area contributed by atoms with E-state index in [0.29, 0.717) is 43.3 Å². The summed E-state index contributed by atoms with van der Waals surface area (Å²) in [6.45, 7) is 6.77. The normalized spacial score (nSPS) is 14.7. The van der Waals surface area contributed by atoms with Crippen molar-refractivity contribution in [1.82, 2.24) is 9.21 Å². The summed E-state index contributed by atoms with van der Waals surface area (Å²) in [6, 6.07) is 8.87. The van der Waals surface area contributed by atoms with Crippen molar-refractivity contribution >= 4 is 15.9 Å². The molecule has 1 aliphatic rings. The van der Waals surface area contributed by atoms with Crippen LogP contribution in [-0.2, 0) is 10.0 Å². The van der Waals surface area contributed by atoms with E-state index >= 15 is 0 Å². The van der Waals surface area contributed by atoms with Gasteiger partial charge in [0.25, 0.3) is 5.91 Å². The molecular weight excluding hydrogens is 396 g/mol. The Bertz CT molecular complexity index is 1040. The lowest BCUT2D eigenvalue weighted by atomic mass is 10.1. The minimum absolute atomic E-state index is 0.167. The molecule has 0 saturated carbocycles. The number of amides is 1. The van der Waals surface area contributed by atoms with Crippen molar-refractivity contribution in [3.8, 4) is 5.75 Å². The van der Waals surface area contributed by atoms with E-state index in [-0.39, 0.29) is 16.9 Å². The van der Waals surface area contributed by atoms with Gasteiger partial charge in [0.2, 0.25) is 10.0 Å². The summed E-state index contributed by atoms with van der Waals surface area (Å²) in [5.41, 5.74) is -0.0647. The smallest absolute Gasteiger partial charge is 0.339 e. The summed E-state index contributed by atoms with van der Waals surface area (Å²) in [7, 11) is -3.55. The maximum absolute atomic E-state index is 12.6. The number of sulfonamides is 1. The average molecular weight is 420 g/mol. The van der Waals surface area contributed by atoms with Crippen LogP contribution >= 0.6 is 0 Å². The van der Waals surface area contributed by atoms with Crippen molar-refractivity contribution in [2.75, 3.05) is 26.2 Å². The molecule has 2 heterocycles. The Balaban J connectivity index is 1.61. The van der Waals surface area contributed by atoms with E-state index < -0.39 is 15.6 Å². The fourth-order valence-corrected chi connectivity index (χ4v) is 4.64. The maximum Gasteiger partial charge on any atom is 0.339 e. The van der Waals surface area contributed by atoms with Gasteiger partial charge in [0.15, 0.2) is 0 Å². The fourth-order valence-electron chi connectivity index (χ4n) is 3.18. The van der Waals surface area contributed by atoms with Crippen molar-refractivity contribution in [3.05, 3.63) is 58.1 Å². The number of hydrogen-bond donors (Lipinski definition) is 0. The van der Waals surface area contributed by atoms with Crippen LogP contribution in [0.25, 0.3) is 0 Å². The molecule has 1 saturated heterocycles. The van der Waals surface area contributed by atoms with Gasteiger partial charge in [-0.05, 0) is 31.2 Å². The van der Waals surface area contributed by atoms with Crippen LogP contribution in [0.4, 0.5) is 0 Å². The number of carbonyl (C=O) groups excluding carboxylic acids is 1. The van der Waals surface area contributed by atoms with Gasteiger partial charge >= 0.3 is 5.63 Å². The van der Waals surface area contributed by atoms with Crippen LogP contribution in [0.5, 0.6) is 5.75 Å². The molecule has 2 aromatic rings. The van der Waals surface area contributed by atoms with Gasteiger partial charge in [-0.1, -0.05) is 13.8 Å². The summed E-state index contributed by atoms with van der Waals surface area (Å²) in [4.78, 5) is 25.7. The van der Waals surface area contributed by atoms with Crippen molar-refractivity contribution in [2.45, 2.75) is 31.8 Å². The summed E-state index contributed by atoms with van der Waals surface area (Å²) < 4.78 is 37.0. The SMILES string of the molecule is CCN(CC)S(=O)(=O)c1ccc(C(=O)N2CC(Oc3cc(C)oc(=O)c3)C2)cc1. The lowest BCUT2D eigenvalue weighted by Crippen LogP contribution is -2.56. The highest BCUT2D eigenvalue weighted by atomic mass is 32.2. The number of hydrogen-bond acceptors (Lipinski definition) is 6. The van der Waals surface area contributed by atoms with E-state index in [1.54, 1.807) is 31.7 Å². The van der Waals surface area contributed by atoms with Gasteiger partial charge in [-0.25, -0.2) is 13.2 Å². The first kappa shape index (κ1) is 21.1. The van der Waals surface area contributed by atoms with Gasteiger partial charge in [0.1, 0.15) is 17.6 Å². The molecule has 156 valence electrons. The number of likely N-dealkylation sites (tertiary alicyclic amines) is 1. The van der Waals surface area contributed by atoms with E-state index in [4.69, 9.17) is 9.15 Å². The monoisotopic (exact) mass is 420 g/mol. The molecule has 1 aliphatic heterocycles. The van der Waals surface area contributed by atoms with Gasteiger partial charge in [-0.3, -0.25) is 4.79 Å². The Morgan fingerprint density at radius 3 is 2.34 bits per heavy atom. The molecule has 0 spiro atoms. The molecular formula is C20H24N2O6S. The first-order chi connectivity index (χ1) is 13.7. The van der Waals surface area contributed by atoms with Crippen LogP contribution in [-0.4, -0.2) is 55.8 Å². The standard InChI is InChI=1S/C20H24N2O6S/c1-4-22(5-2)29(25,26)18-8-6-15(7-9-18)20(24)21-12-17(13-21)28-16-10-14(3)27-19(23)11-16/h6-11,17H,4-5,12-13H2,1-3H3.